The van der Waals surface area contributed by atoms with Gasteiger partial charge in [0.05, 0.1) is 12.0 Å². The molecule has 1 aromatic carbocycles. The van der Waals surface area contributed by atoms with Gasteiger partial charge in [0.2, 0.25) is 0 Å². The van der Waals surface area contributed by atoms with Crippen molar-refractivity contribution in [3.05, 3.63) is 34.7 Å². The zero-order chi connectivity index (χ0) is 14.5. The lowest BCUT2D eigenvalue weighted by Crippen LogP contribution is -2.29. The molecule has 1 heterocycles. The molecule has 1 aliphatic rings. The van der Waals surface area contributed by atoms with Crippen LogP contribution in [0.25, 0.3) is 6.08 Å². The van der Waals surface area contributed by atoms with E-state index in [1.165, 1.54) is 4.90 Å². The van der Waals surface area contributed by atoms with Crippen LogP contribution in [0.3, 0.4) is 0 Å². The Balaban J connectivity index is 2.23. The van der Waals surface area contributed by atoms with E-state index < -0.39 is 0 Å². The summed E-state index contributed by atoms with van der Waals surface area (Å²) in [5, 5.41) is -0.190. The Kier molecular flexibility index (Phi) is 4.84. The molecule has 2 amide bonds. The molecule has 0 N–H and O–H groups in total. The van der Waals surface area contributed by atoms with Crippen molar-refractivity contribution >= 4 is 29.0 Å². The molecule has 1 fully saturated rings. The standard InChI is InChI=1S/C15H17NO3S/c1-3-4-9-16-14(17)13(20-15(16)18)10-11-7-5-6-8-12(11)19-2/h5-8,10H,3-4,9H2,1-2H3. The number of ether oxygens (including phenoxy) is 1. The van der Waals surface area contributed by atoms with E-state index in [4.69, 9.17) is 4.74 Å². The summed E-state index contributed by atoms with van der Waals surface area (Å²) < 4.78 is 5.25. The van der Waals surface area contributed by atoms with E-state index in [1.807, 2.05) is 31.2 Å². The van der Waals surface area contributed by atoms with Crippen molar-refractivity contribution in [3.63, 3.8) is 0 Å². The summed E-state index contributed by atoms with van der Waals surface area (Å²) in [6.07, 6.45) is 3.50. The van der Waals surface area contributed by atoms with Gasteiger partial charge < -0.3 is 4.74 Å². The van der Waals surface area contributed by atoms with Crippen LogP contribution in [-0.4, -0.2) is 29.7 Å². The Morgan fingerprint density at radius 1 is 1.30 bits per heavy atom. The summed E-state index contributed by atoms with van der Waals surface area (Å²) >= 11 is 0.989. The SMILES string of the molecule is CCCCN1C(=O)SC(=Cc2ccccc2OC)C1=O. The number of thioether (sulfide) groups is 1. The molecule has 0 unspecified atom stereocenters. The van der Waals surface area contributed by atoms with Gasteiger partial charge in [0.15, 0.2) is 0 Å². The number of unbranched alkanes of at least 4 members (excludes halogenated alkanes) is 1. The van der Waals surface area contributed by atoms with Gasteiger partial charge in [-0.1, -0.05) is 31.5 Å². The molecule has 1 aromatic rings. The summed E-state index contributed by atoms with van der Waals surface area (Å²) in [6.45, 7) is 2.52. The first-order valence-corrected chi connectivity index (χ1v) is 7.37. The first kappa shape index (κ1) is 14.7. The normalized spacial score (nSPS) is 17.1. The van der Waals surface area contributed by atoms with Crippen molar-refractivity contribution in [1.82, 2.24) is 4.90 Å². The number of rotatable bonds is 5. The number of carbonyl (C=O) groups excluding carboxylic acids is 2. The minimum atomic E-state index is -0.209. The van der Waals surface area contributed by atoms with Gasteiger partial charge in [-0.05, 0) is 30.3 Å². The van der Waals surface area contributed by atoms with Crippen LogP contribution in [0.1, 0.15) is 25.3 Å². The molecule has 20 heavy (non-hydrogen) atoms. The first-order valence-electron chi connectivity index (χ1n) is 6.55. The van der Waals surface area contributed by atoms with E-state index in [1.54, 1.807) is 13.2 Å². The molecule has 0 aliphatic carbocycles. The van der Waals surface area contributed by atoms with Crippen LogP contribution < -0.4 is 4.74 Å². The Morgan fingerprint density at radius 3 is 2.75 bits per heavy atom. The third-order valence-electron chi connectivity index (χ3n) is 3.03. The van der Waals surface area contributed by atoms with E-state index in [0.717, 1.165) is 30.2 Å². The second-order valence-electron chi connectivity index (χ2n) is 4.43. The molecular formula is C15H17NO3S. The number of hydrogen-bond acceptors (Lipinski definition) is 4. The number of benzene rings is 1. The van der Waals surface area contributed by atoms with Crippen molar-refractivity contribution < 1.29 is 14.3 Å². The van der Waals surface area contributed by atoms with Gasteiger partial charge in [-0.2, -0.15) is 0 Å². The van der Waals surface area contributed by atoms with Crippen LogP contribution in [0.15, 0.2) is 29.2 Å². The maximum absolute atomic E-state index is 12.2. The molecule has 0 bridgehead atoms. The molecule has 0 saturated carbocycles. The first-order chi connectivity index (χ1) is 9.67. The number of nitrogens with zero attached hydrogens (tertiary/aromatic N) is 1. The number of amides is 2. The van der Waals surface area contributed by atoms with Crippen molar-refractivity contribution in [2.45, 2.75) is 19.8 Å². The van der Waals surface area contributed by atoms with E-state index in [9.17, 15) is 9.59 Å². The number of hydrogen-bond donors (Lipinski definition) is 0. The summed E-state index contributed by atoms with van der Waals surface area (Å²) in [5.41, 5.74) is 0.802. The van der Waals surface area contributed by atoms with Crippen LogP contribution >= 0.6 is 11.8 Å². The monoisotopic (exact) mass is 291 g/mol. The molecule has 1 saturated heterocycles. The molecule has 4 nitrogen and oxygen atoms in total. The summed E-state index contributed by atoms with van der Waals surface area (Å²) in [7, 11) is 1.58. The van der Waals surface area contributed by atoms with E-state index >= 15 is 0 Å². The highest BCUT2D eigenvalue weighted by molar-refractivity contribution is 8.18. The van der Waals surface area contributed by atoms with Crippen molar-refractivity contribution in [3.8, 4) is 5.75 Å². The highest BCUT2D eigenvalue weighted by Gasteiger charge is 2.34. The predicted octanol–water partition coefficient (Wildman–Crippen LogP) is 3.53. The lowest BCUT2D eigenvalue weighted by molar-refractivity contribution is -0.122. The molecule has 5 heteroatoms. The second-order valence-corrected chi connectivity index (χ2v) is 5.42. The van der Waals surface area contributed by atoms with Crippen LogP contribution in [0.2, 0.25) is 0 Å². The minimum Gasteiger partial charge on any atom is -0.496 e. The summed E-state index contributed by atoms with van der Waals surface area (Å²) in [4.78, 5) is 25.8. The zero-order valence-electron chi connectivity index (χ0n) is 11.6. The minimum absolute atomic E-state index is 0.190. The van der Waals surface area contributed by atoms with Gasteiger partial charge in [-0.3, -0.25) is 14.5 Å². The van der Waals surface area contributed by atoms with Crippen molar-refractivity contribution in [1.29, 1.82) is 0 Å². The van der Waals surface area contributed by atoms with Gasteiger partial charge in [-0.15, -0.1) is 0 Å². The number of carbonyl (C=O) groups is 2. The second kappa shape index (κ2) is 6.61. The van der Waals surface area contributed by atoms with Gasteiger partial charge in [-0.25, -0.2) is 0 Å². The van der Waals surface area contributed by atoms with E-state index in [-0.39, 0.29) is 11.1 Å². The zero-order valence-corrected chi connectivity index (χ0v) is 12.4. The Hall–Kier alpha value is -1.75. The molecule has 0 aromatic heterocycles. The third kappa shape index (κ3) is 3.04. The van der Waals surface area contributed by atoms with Gasteiger partial charge in [0.25, 0.3) is 11.1 Å². The maximum atomic E-state index is 12.2. The lowest BCUT2D eigenvalue weighted by Gasteiger charge is -2.10. The topological polar surface area (TPSA) is 46.6 Å². The Bertz CT molecular complexity index is 554. The molecule has 2 rings (SSSR count). The number of imide groups is 1. The van der Waals surface area contributed by atoms with Crippen molar-refractivity contribution in [2.24, 2.45) is 0 Å². The largest absolute Gasteiger partial charge is 0.496 e. The van der Waals surface area contributed by atoms with Crippen LogP contribution in [0.5, 0.6) is 5.75 Å². The van der Waals surface area contributed by atoms with E-state index in [2.05, 4.69) is 0 Å². The summed E-state index contributed by atoms with van der Waals surface area (Å²) in [5.74, 6) is 0.479. The highest BCUT2D eigenvalue weighted by atomic mass is 32.2. The number of para-hydroxylation sites is 1. The highest BCUT2D eigenvalue weighted by Crippen LogP contribution is 2.33. The van der Waals surface area contributed by atoms with E-state index in [0.29, 0.717) is 17.2 Å². The molecule has 0 spiro atoms. The van der Waals surface area contributed by atoms with Gasteiger partial charge in [0.1, 0.15) is 5.75 Å². The predicted molar refractivity (Wildman–Crippen MR) is 80.6 cm³/mol. The number of methoxy groups -OCH3 is 1. The van der Waals surface area contributed by atoms with Crippen LogP contribution in [0, 0.1) is 0 Å². The van der Waals surface area contributed by atoms with Crippen LogP contribution in [0.4, 0.5) is 4.79 Å². The molecule has 0 atom stereocenters. The Morgan fingerprint density at radius 2 is 2.05 bits per heavy atom. The average Bonchev–Trinajstić information content (AvgIpc) is 2.72. The molecular weight excluding hydrogens is 274 g/mol. The Labute approximate surface area is 122 Å². The fraction of sp³-hybridized carbons (Fsp3) is 0.333. The third-order valence-corrected chi connectivity index (χ3v) is 3.94. The smallest absolute Gasteiger partial charge is 0.293 e. The fourth-order valence-corrected chi connectivity index (χ4v) is 2.79. The van der Waals surface area contributed by atoms with Gasteiger partial charge >= 0.3 is 0 Å². The summed E-state index contributed by atoms with van der Waals surface area (Å²) in [6, 6.07) is 7.42. The van der Waals surface area contributed by atoms with Crippen molar-refractivity contribution in [2.75, 3.05) is 13.7 Å². The molecule has 0 radical (unpaired) electrons. The maximum Gasteiger partial charge on any atom is 0.293 e. The average molecular weight is 291 g/mol. The lowest BCUT2D eigenvalue weighted by atomic mass is 10.2. The quantitative estimate of drug-likeness (QED) is 0.779. The van der Waals surface area contributed by atoms with Gasteiger partial charge in [0, 0.05) is 12.1 Å². The molecule has 106 valence electrons. The fourth-order valence-electron chi connectivity index (χ4n) is 1.94. The van der Waals surface area contributed by atoms with Crippen LogP contribution in [-0.2, 0) is 4.79 Å². The molecule has 1 aliphatic heterocycles.